The highest BCUT2D eigenvalue weighted by atomic mass is 79.9. The summed E-state index contributed by atoms with van der Waals surface area (Å²) < 4.78 is 12.5. The minimum atomic E-state index is -0.412. The van der Waals surface area contributed by atoms with Crippen molar-refractivity contribution in [2.75, 3.05) is 0 Å². The molecule has 0 fully saturated rings. The number of rotatable bonds is 4. The lowest BCUT2D eigenvalue weighted by atomic mass is 10.1. The molecule has 0 saturated carbocycles. The second kappa shape index (κ2) is 9.49. The standard InChI is InChI=1S/C29H20BrNO3/c1-19-10-15-27-25(16-19)26(18-28(34-27)20-6-3-2-4-7-20)31-23-11-13-24(14-12-23)33-29(32)21-8-5-9-22(30)17-21/h2-18H,1H3. The highest BCUT2D eigenvalue weighted by Gasteiger charge is 2.10. The van der Waals surface area contributed by atoms with Crippen molar-refractivity contribution in [3.05, 3.63) is 124 Å². The van der Waals surface area contributed by atoms with E-state index in [1.54, 1.807) is 30.3 Å². The molecule has 0 unspecified atom stereocenters. The number of carbonyl (C=O) groups excluding carboxylic acids is 1. The molecule has 0 amide bonds. The Labute approximate surface area is 205 Å². The number of nitrogens with zero attached hydrogens (tertiary/aromatic N) is 1. The molecule has 0 atom stereocenters. The third-order valence-electron chi connectivity index (χ3n) is 5.31. The Morgan fingerprint density at radius 3 is 2.41 bits per heavy atom. The summed E-state index contributed by atoms with van der Waals surface area (Å²) in [4.78, 5) is 17.3. The third kappa shape index (κ3) is 4.85. The highest BCUT2D eigenvalue weighted by molar-refractivity contribution is 9.10. The van der Waals surface area contributed by atoms with Gasteiger partial charge in [0.2, 0.25) is 0 Å². The van der Waals surface area contributed by atoms with Gasteiger partial charge in [-0.15, -0.1) is 0 Å². The van der Waals surface area contributed by atoms with Crippen molar-refractivity contribution in [2.24, 2.45) is 4.99 Å². The van der Waals surface area contributed by atoms with Crippen LogP contribution in [0.25, 0.3) is 22.3 Å². The van der Waals surface area contributed by atoms with Crippen molar-refractivity contribution in [1.82, 2.24) is 0 Å². The van der Waals surface area contributed by atoms with Crippen LogP contribution < -0.4 is 10.1 Å². The summed E-state index contributed by atoms with van der Waals surface area (Å²) >= 11 is 3.37. The summed E-state index contributed by atoms with van der Waals surface area (Å²) in [7, 11) is 0. The molecule has 1 aromatic heterocycles. The van der Waals surface area contributed by atoms with Crippen molar-refractivity contribution < 1.29 is 13.9 Å². The fourth-order valence-electron chi connectivity index (χ4n) is 3.63. The van der Waals surface area contributed by atoms with E-state index in [1.165, 1.54) is 0 Å². The monoisotopic (exact) mass is 509 g/mol. The van der Waals surface area contributed by atoms with Crippen LogP contribution in [0.3, 0.4) is 0 Å². The van der Waals surface area contributed by atoms with Gasteiger partial charge in [-0.2, -0.15) is 0 Å². The fourth-order valence-corrected chi connectivity index (χ4v) is 4.03. The molecule has 5 rings (SSSR count). The molecule has 0 spiro atoms. The van der Waals surface area contributed by atoms with Crippen LogP contribution in [0.15, 0.2) is 117 Å². The van der Waals surface area contributed by atoms with Crippen LogP contribution in [0.2, 0.25) is 0 Å². The number of hydrogen-bond acceptors (Lipinski definition) is 4. The topological polar surface area (TPSA) is 51.8 Å². The summed E-state index contributed by atoms with van der Waals surface area (Å²) in [6, 6.07) is 32.2. The zero-order valence-corrected chi connectivity index (χ0v) is 20.0. The Kier molecular flexibility index (Phi) is 6.11. The van der Waals surface area contributed by atoms with Crippen molar-refractivity contribution >= 4 is 38.6 Å². The summed E-state index contributed by atoms with van der Waals surface area (Å²) in [6.45, 7) is 2.04. The van der Waals surface area contributed by atoms with Gasteiger partial charge in [0.25, 0.3) is 0 Å². The van der Waals surface area contributed by atoms with Crippen LogP contribution in [0, 0.1) is 6.92 Å². The maximum atomic E-state index is 12.4. The Morgan fingerprint density at radius 2 is 1.65 bits per heavy atom. The third-order valence-corrected chi connectivity index (χ3v) is 5.81. The summed E-state index contributed by atoms with van der Waals surface area (Å²) in [5.74, 6) is 0.789. The van der Waals surface area contributed by atoms with Gasteiger partial charge in [0.05, 0.1) is 16.6 Å². The highest BCUT2D eigenvalue weighted by Crippen LogP contribution is 2.24. The number of fused-ring (bicyclic) bond motifs is 1. The van der Waals surface area contributed by atoms with E-state index in [0.717, 1.165) is 43.4 Å². The van der Waals surface area contributed by atoms with Gasteiger partial charge in [-0.05, 0) is 61.5 Å². The summed E-state index contributed by atoms with van der Waals surface area (Å²) in [5, 5.41) is 1.74. The predicted molar refractivity (Wildman–Crippen MR) is 137 cm³/mol. The lowest BCUT2D eigenvalue weighted by Crippen LogP contribution is -2.08. The first kappa shape index (κ1) is 21.9. The molecule has 5 heteroatoms. The molecule has 0 N–H and O–H groups in total. The number of halogens is 1. The summed E-state index contributed by atoms with van der Waals surface area (Å²) in [6.07, 6.45) is 0. The van der Waals surface area contributed by atoms with E-state index in [2.05, 4.69) is 22.0 Å². The molecule has 0 aliphatic carbocycles. The zero-order chi connectivity index (χ0) is 23.5. The maximum absolute atomic E-state index is 12.4. The Balaban J connectivity index is 1.50. The normalized spacial score (nSPS) is 11.5. The van der Waals surface area contributed by atoms with Gasteiger partial charge >= 0.3 is 5.97 Å². The van der Waals surface area contributed by atoms with Gasteiger partial charge in [-0.25, -0.2) is 9.79 Å². The summed E-state index contributed by atoms with van der Waals surface area (Å²) in [5.41, 5.74) is 4.10. The quantitative estimate of drug-likeness (QED) is 0.185. The molecule has 4 nitrogen and oxygen atoms in total. The van der Waals surface area contributed by atoms with E-state index in [1.807, 2.05) is 73.7 Å². The van der Waals surface area contributed by atoms with E-state index in [4.69, 9.17) is 14.1 Å². The van der Waals surface area contributed by atoms with Gasteiger partial charge in [0.15, 0.2) is 0 Å². The molecule has 4 aromatic carbocycles. The van der Waals surface area contributed by atoms with Crippen LogP contribution in [0.5, 0.6) is 5.75 Å². The SMILES string of the molecule is Cc1ccc2oc(-c3ccccc3)cc(=Nc3ccc(OC(=O)c4cccc(Br)c4)cc3)c2c1. The van der Waals surface area contributed by atoms with Gasteiger partial charge in [-0.3, -0.25) is 0 Å². The molecule has 34 heavy (non-hydrogen) atoms. The second-order valence-electron chi connectivity index (χ2n) is 7.87. The van der Waals surface area contributed by atoms with E-state index >= 15 is 0 Å². The zero-order valence-electron chi connectivity index (χ0n) is 18.4. The molecular weight excluding hydrogens is 490 g/mol. The first-order valence-corrected chi connectivity index (χ1v) is 11.6. The molecule has 0 bridgehead atoms. The van der Waals surface area contributed by atoms with E-state index in [9.17, 15) is 4.79 Å². The maximum Gasteiger partial charge on any atom is 0.343 e. The van der Waals surface area contributed by atoms with E-state index < -0.39 is 5.97 Å². The average molecular weight is 510 g/mol. The van der Waals surface area contributed by atoms with Gasteiger partial charge in [0, 0.05) is 21.5 Å². The van der Waals surface area contributed by atoms with Crippen LogP contribution in [0.4, 0.5) is 5.69 Å². The predicted octanol–water partition coefficient (Wildman–Crippen LogP) is 7.62. The van der Waals surface area contributed by atoms with Gasteiger partial charge in [-0.1, -0.05) is 64.0 Å². The molecule has 0 aliphatic heterocycles. The average Bonchev–Trinajstić information content (AvgIpc) is 2.86. The molecular formula is C29H20BrNO3. The number of ether oxygens (including phenoxy) is 1. The number of hydrogen-bond donors (Lipinski definition) is 0. The van der Waals surface area contributed by atoms with Crippen molar-refractivity contribution in [3.63, 3.8) is 0 Å². The van der Waals surface area contributed by atoms with Gasteiger partial charge in [0.1, 0.15) is 17.1 Å². The van der Waals surface area contributed by atoms with E-state index in [-0.39, 0.29) is 0 Å². The Hall–Kier alpha value is -3.96. The number of esters is 1. The molecule has 0 aliphatic rings. The number of benzene rings is 4. The van der Waals surface area contributed by atoms with Crippen molar-refractivity contribution in [2.45, 2.75) is 6.92 Å². The van der Waals surface area contributed by atoms with Gasteiger partial charge < -0.3 is 9.15 Å². The first-order valence-electron chi connectivity index (χ1n) is 10.8. The van der Waals surface area contributed by atoms with Crippen LogP contribution >= 0.6 is 15.9 Å². The second-order valence-corrected chi connectivity index (χ2v) is 8.78. The number of carbonyl (C=O) groups is 1. The molecule has 0 radical (unpaired) electrons. The van der Waals surface area contributed by atoms with Crippen LogP contribution in [0.1, 0.15) is 15.9 Å². The van der Waals surface area contributed by atoms with Crippen molar-refractivity contribution in [3.8, 4) is 17.1 Å². The molecule has 5 aromatic rings. The van der Waals surface area contributed by atoms with Crippen LogP contribution in [-0.4, -0.2) is 5.97 Å². The number of aryl methyl sites for hydroxylation is 1. The first-order chi connectivity index (χ1) is 16.5. The lowest BCUT2D eigenvalue weighted by Gasteiger charge is -2.07. The molecule has 1 heterocycles. The molecule has 166 valence electrons. The molecule has 0 saturated heterocycles. The largest absolute Gasteiger partial charge is 0.456 e. The van der Waals surface area contributed by atoms with Crippen LogP contribution in [-0.2, 0) is 0 Å². The minimum Gasteiger partial charge on any atom is -0.456 e. The Morgan fingerprint density at radius 1 is 0.853 bits per heavy atom. The van der Waals surface area contributed by atoms with Crippen molar-refractivity contribution in [1.29, 1.82) is 0 Å². The minimum absolute atomic E-state index is 0.412. The van der Waals surface area contributed by atoms with E-state index in [0.29, 0.717) is 11.3 Å². The fraction of sp³-hybridized carbons (Fsp3) is 0.0345. The Bertz CT molecular complexity index is 1550. The smallest absolute Gasteiger partial charge is 0.343 e. The lowest BCUT2D eigenvalue weighted by molar-refractivity contribution is 0.0734.